The van der Waals surface area contributed by atoms with E-state index in [9.17, 15) is 4.79 Å². The Balaban J connectivity index is 1.96. The molecule has 0 saturated carbocycles. The summed E-state index contributed by atoms with van der Waals surface area (Å²) in [5.41, 5.74) is 1.42. The van der Waals surface area contributed by atoms with Gasteiger partial charge in [-0.05, 0) is 45.9 Å². The molecule has 2 N–H and O–H groups in total. The molecule has 2 atom stereocenters. The van der Waals surface area contributed by atoms with Gasteiger partial charge in [-0.1, -0.05) is 0 Å². The van der Waals surface area contributed by atoms with Gasteiger partial charge < -0.3 is 15.5 Å². The van der Waals surface area contributed by atoms with E-state index in [1.54, 1.807) is 12.3 Å². The Morgan fingerprint density at radius 3 is 3.05 bits per heavy atom. The van der Waals surface area contributed by atoms with Gasteiger partial charge in [0, 0.05) is 37.1 Å². The van der Waals surface area contributed by atoms with Crippen molar-refractivity contribution in [2.45, 2.75) is 38.8 Å². The third-order valence-corrected chi connectivity index (χ3v) is 3.92. The maximum absolute atomic E-state index is 12.2. The molecule has 2 rings (SSSR count). The number of carbonyl (C=O) groups excluding carboxylic acids is 1. The van der Waals surface area contributed by atoms with Crippen LogP contribution >= 0.6 is 0 Å². The molecule has 1 aromatic rings. The molecule has 1 aliphatic rings. The summed E-state index contributed by atoms with van der Waals surface area (Å²) < 4.78 is 0. The summed E-state index contributed by atoms with van der Waals surface area (Å²) in [5, 5.41) is 6.29. The highest BCUT2D eigenvalue weighted by molar-refractivity contribution is 5.93. The van der Waals surface area contributed by atoms with Crippen LogP contribution in [0.25, 0.3) is 0 Å². The zero-order chi connectivity index (χ0) is 14.5. The minimum absolute atomic E-state index is 0.0773. The first-order valence-corrected chi connectivity index (χ1v) is 7.31. The van der Waals surface area contributed by atoms with Crippen molar-refractivity contribution in [1.29, 1.82) is 0 Å². The third-order valence-electron chi connectivity index (χ3n) is 3.92. The first kappa shape index (κ1) is 14.8. The monoisotopic (exact) mass is 276 g/mol. The summed E-state index contributed by atoms with van der Waals surface area (Å²) in [6.45, 7) is 6.08. The molecule has 2 unspecified atom stereocenters. The van der Waals surface area contributed by atoms with Crippen LogP contribution in [0.2, 0.25) is 0 Å². The van der Waals surface area contributed by atoms with Gasteiger partial charge in [0.05, 0.1) is 0 Å². The molecular formula is C15H24N4O. The van der Waals surface area contributed by atoms with Crippen LogP contribution < -0.4 is 10.6 Å². The smallest absolute Gasteiger partial charge is 0.270 e. The fraction of sp³-hybridized carbons (Fsp3) is 0.600. The lowest BCUT2D eigenvalue weighted by Gasteiger charge is -2.35. The third kappa shape index (κ3) is 3.70. The van der Waals surface area contributed by atoms with Crippen molar-refractivity contribution in [3.05, 3.63) is 24.0 Å². The van der Waals surface area contributed by atoms with Gasteiger partial charge >= 0.3 is 0 Å². The molecule has 1 saturated heterocycles. The van der Waals surface area contributed by atoms with Crippen molar-refractivity contribution >= 4 is 11.6 Å². The Hall–Kier alpha value is -1.62. The van der Waals surface area contributed by atoms with Gasteiger partial charge in [-0.2, -0.15) is 0 Å². The molecule has 1 aliphatic heterocycles. The van der Waals surface area contributed by atoms with E-state index < -0.39 is 0 Å². The van der Waals surface area contributed by atoms with Crippen LogP contribution in [0.1, 0.15) is 37.2 Å². The minimum atomic E-state index is -0.0773. The molecule has 5 nitrogen and oxygen atoms in total. The number of amides is 1. The Kier molecular flexibility index (Phi) is 4.95. The van der Waals surface area contributed by atoms with Crippen molar-refractivity contribution in [3.63, 3.8) is 0 Å². The molecule has 110 valence electrons. The number of rotatable bonds is 4. The molecule has 0 aromatic carbocycles. The van der Waals surface area contributed by atoms with Crippen molar-refractivity contribution in [3.8, 4) is 0 Å². The first-order chi connectivity index (χ1) is 9.60. The van der Waals surface area contributed by atoms with E-state index in [-0.39, 0.29) is 11.9 Å². The van der Waals surface area contributed by atoms with Crippen LogP contribution in [-0.2, 0) is 0 Å². The lowest BCUT2D eigenvalue weighted by Crippen LogP contribution is -2.47. The van der Waals surface area contributed by atoms with Crippen molar-refractivity contribution in [2.75, 3.05) is 25.5 Å². The maximum atomic E-state index is 12.2. The van der Waals surface area contributed by atoms with E-state index in [2.05, 4.69) is 34.5 Å². The van der Waals surface area contributed by atoms with Gasteiger partial charge in [0.25, 0.3) is 5.91 Å². The van der Waals surface area contributed by atoms with E-state index >= 15 is 0 Å². The zero-order valence-electron chi connectivity index (χ0n) is 12.5. The molecule has 2 heterocycles. The Morgan fingerprint density at radius 2 is 2.35 bits per heavy atom. The molecule has 20 heavy (non-hydrogen) atoms. The summed E-state index contributed by atoms with van der Waals surface area (Å²) >= 11 is 0. The number of piperidine rings is 1. The van der Waals surface area contributed by atoms with Crippen molar-refractivity contribution in [1.82, 2.24) is 15.2 Å². The van der Waals surface area contributed by atoms with Crippen molar-refractivity contribution in [2.24, 2.45) is 0 Å². The quantitative estimate of drug-likeness (QED) is 0.879. The van der Waals surface area contributed by atoms with E-state index in [4.69, 9.17) is 0 Å². The summed E-state index contributed by atoms with van der Waals surface area (Å²) in [7, 11) is 2.13. The number of nitrogens with zero attached hydrogens (tertiary/aromatic N) is 2. The van der Waals surface area contributed by atoms with E-state index in [1.165, 1.54) is 0 Å². The first-order valence-electron chi connectivity index (χ1n) is 7.31. The number of aromatic nitrogens is 1. The lowest BCUT2D eigenvalue weighted by molar-refractivity contribution is 0.0891. The Bertz CT molecular complexity index is 463. The second-order valence-corrected chi connectivity index (χ2v) is 5.48. The molecule has 0 bridgehead atoms. The van der Waals surface area contributed by atoms with Gasteiger partial charge in [0.1, 0.15) is 5.69 Å². The van der Waals surface area contributed by atoms with Crippen LogP contribution in [0.5, 0.6) is 0 Å². The minimum Gasteiger partial charge on any atom is -0.385 e. The van der Waals surface area contributed by atoms with Gasteiger partial charge in [-0.15, -0.1) is 0 Å². The lowest BCUT2D eigenvalue weighted by atomic mass is 9.99. The van der Waals surface area contributed by atoms with Crippen LogP contribution in [0, 0.1) is 0 Å². The van der Waals surface area contributed by atoms with Crippen LogP contribution in [-0.4, -0.2) is 48.0 Å². The standard InChI is InChI=1S/C15H24N4O/c1-4-16-12-5-7-17-14(10-12)15(20)18-13-6-8-19(3)11(2)9-13/h5,7,10-11,13H,4,6,8-9H2,1-3H3,(H,16,17)(H,18,20). The number of nitrogens with one attached hydrogen (secondary N) is 2. The number of carbonyl (C=O) groups is 1. The van der Waals surface area contributed by atoms with Crippen LogP contribution in [0.15, 0.2) is 18.3 Å². The highest BCUT2D eigenvalue weighted by Gasteiger charge is 2.24. The van der Waals surface area contributed by atoms with E-state index in [0.29, 0.717) is 11.7 Å². The normalized spacial score (nSPS) is 23.4. The van der Waals surface area contributed by atoms with E-state index in [1.807, 2.05) is 13.0 Å². The number of hydrogen-bond donors (Lipinski definition) is 2. The SMILES string of the molecule is CCNc1ccnc(C(=O)NC2CCN(C)C(C)C2)c1. The highest BCUT2D eigenvalue weighted by Crippen LogP contribution is 2.16. The molecule has 1 aromatic heterocycles. The number of hydrogen-bond acceptors (Lipinski definition) is 4. The molecule has 1 fully saturated rings. The predicted molar refractivity (Wildman–Crippen MR) is 81.0 cm³/mol. The summed E-state index contributed by atoms with van der Waals surface area (Å²) in [6, 6.07) is 4.43. The van der Waals surface area contributed by atoms with E-state index in [0.717, 1.165) is 31.6 Å². The van der Waals surface area contributed by atoms with Gasteiger partial charge in [0.15, 0.2) is 0 Å². The maximum Gasteiger partial charge on any atom is 0.270 e. The number of pyridine rings is 1. The number of anilines is 1. The summed E-state index contributed by atoms with van der Waals surface area (Å²) in [5.74, 6) is -0.0773. The molecular weight excluding hydrogens is 252 g/mol. The van der Waals surface area contributed by atoms with Gasteiger partial charge in [0.2, 0.25) is 0 Å². The molecule has 5 heteroatoms. The summed E-state index contributed by atoms with van der Waals surface area (Å²) in [4.78, 5) is 18.7. The topological polar surface area (TPSA) is 57.3 Å². The average molecular weight is 276 g/mol. The second-order valence-electron chi connectivity index (χ2n) is 5.48. The second kappa shape index (κ2) is 6.70. The van der Waals surface area contributed by atoms with Gasteiger partial charge in [-0.25, -0.2) is 0 Å². The largest absolute Gasteiger partial charge is 0.385 e. The molecule has 0 radical (unpaired) electrons. The predicted octanol–water partition coefficient (Wildman–Crippen LogP) is 1.73. The molecule has 0 aliphatic carbocycles. The average Bonchev–Trinajstić information content (AvgIpc) is 2.43. The Labute approximate surface area is 120 Å². The Morgan fingerprint density at radius 1 is 1.55 bits per heavy atom. The molecule has 1 amide bonds. The van der Waals surface area contributed by atoms with Crippen molar-refractivity contribution < 1.29 is 4.79 Å². The zero-order valence-corrected chi connectivity index (χ0v) is 12.5. The number of likely N-dealkylation sites (tertiary alicyclic amines) is 1. The fourth-order valence-electron chi connectivity index (χ4n) is 2.55. The van der Waals surface area contributed by atoms with Crippen LogP contribution in [0.3, 0.4) is 0 Å². The fourth-order valence-corrected chi connectivity index (χ4v) is 2.55. The van der Waals surface area contributed by atoms with Crippen LogP contribution in [0.4, 0.5) is 5.69 Å². The van der Waals surface area contributed by atoms with Gasteiger partial charge in [-0.3, -0.25) is 9.78 Å². The summed E-state index contributed by atoms with van der Waals surface area (Å²) in [6.07, 6.45) is 3.67. The molecule has 0 spiro atoms. The highest BCUT2D eigenvalue weighted by atomic mass is 16.1.